The van der Waals surface area contributed by atoms with Gasteiger partial charge in [-0.2, -0.15) is 13.4 Å². The molecule has 0 radical (unpaired) electrons. The van der Waals surface area contributed by atoms with Crippen molar-refractivity contribution in [2.24, 2.45) is 0 Å². The summed E-state index contributed by atoms with van der Waals surface area (Å²) in [6.07, 6.45) is 1.54. The van der Waals surface area contributed by atoms with Crippen LogP contribution in [0.4, 0.5) is 5.95 Å². The van der Waals surface area contributed by atoms with Crippen LogP contribution in [-0.4, -0.2) is 22.6 Å². The molecule has 4 aromatic rings. The summed E-state index contributed by atoms with van der Waals surface area (Å²) in [7, 11) is -3.97. The lowest BCUT2D eigenvalue weighted by atomic mass is 10.2. The number of halogens is 1. The second-order valence-electron chi connectivity index (χ2n) is 5.86. The Hall–Kier alpha value is -3.10. The van der Waals surface area contributed by atoms with Gasteiger partial charge in [0.1, 0.15) is 5.76 Å². The van der Waals surface area contributed by atoms with Gasteiger partial charge in [0, 0.05) is 10.6 Å². The van der Waals surface area contributed by atoms with Crippen molar-refractivity contribution in [3.8, 4) is 11.4 Å². The first-order valence-electron chi connectivity index (χ1n) is 8.34. The van der Waals surface area contributed by atoms with Crippen molar-refractivity contribution in [3.63, 3.8) is 0 Å². The summed E-state index contributed by atoms with van der Waals surface area (Å²) in [4.78, 5) is 4.44. The molecule has 4 rings (SSSR count). The largest absolute Gasteiger partial charge is 0.467 e. The lowest BCUT2D eigenvalue weighted by Crippen LogP contribution is -2.18. The minimum Gasteiger partial charge on any atom is -0.467 e. The van der Waals surface area contributed by atoms with E-state index in [1.54, 1.807) is 18.4 Å². The van der Waals surface area contributed by atoms with Gasteiger partial charge in [-0.25, -0.2) is 0 Å². The molecule has 2 heterocycles. The summed E-state index contributed by atoms with van der Waals surface area (Å²) in [5.41, 5.74) is 0.702. The minimum absolute atomic E-state index is 0.0578. The van der Waals surface area contributed by atoms with Crippen LogP contribution in [0.3, 0.4) is 0 Å². The third-order valence-corrected chi connectivity index (χ3v) is 5.78. The topological polar surface area (TPSA) is 90.0 Å². The minimum atomic E-state index is -3.97. The number of rotatable bonds is 6. The molecule has 0 spiro atoms. The Bertz CT molecular complexity index is 1170. The molecule has 9 heteroatoms. The van der Waals surface area contributed by atoms with Crippen LogP contribution >= 0.6 is 11.6 Å². The van der Waals surface area contributed by atoms with E-state index >= 15 is 0 Å². The first-order chi connectivity index (χ1) is 13.5. The molecule has 0 aliphatic rings. The molecule has 0 atom stereocenters. The molecular weight excluding hydrogens is 400 g/mol. The number of benzene rings is 2. The molecule has 0 aliphatic heterocycles. The highest BCUT2D eigenvalue weighted by Crippen LogP contribution is 2.23. The number of nitrogens with one attached hydrogen (secondary N) is 1. The standard InChI is InChI=1S/C19H15ClN4O3S/c20-15-8-10-17(11-9-15)28(25,26)24-19(21-13-16-7-4-12-27-16)22-18(23-24)14-5-2-1-3-6-14/h1-12H,13H2,(H,21,22,23). The Morgan fingerprint density at radius 3 is 2.43 bits per heavy atom. The zero-order valence-corrected chi connectivity index (χ0v) is 16.1. The highest BCUT2D eigenvalue weighted by Gasteiger charge is 2.24. The van der Waals surface area contributed by atoms with Crippen LogP contribution in [-0.2, 0) is 16.6 Å². The fourth-order valence-corrected chi connectivity index (χ4v) is 3.89. The SMILES string of the molecule is O=S(=O)(c1ccc(Cl)cc1)n1nc(-c2ccccc2)nc1NCc1ccco1. The van der Waals surface area contributed by atoms with E-state index in [1.807, 2.05) is 30.3 Å². The Morgan fingerprint density at radius 2 is 1.75 bits per heavy atom. The Labute approximate surface area is 166 Å². The summed E-state index contributed by atoms with van der Waals surface area (Å²) in [6.45, 7) is 0.260. The third kappa shape index (κ3) is 3.64. The Balaban J connectivity index is 1.77. The normalized spacial score (nSPS) is 11.5. The lowest BCUT2D eigenvalue weighted by Gasteiger charge is -2.08. The molecular formula is C19H15ClN4O3S. The molecule has 2 aromatic carbocycles. The highest BCUT2D eigenvalue weighted by atomic mass is 35.5. The first kappa shape index (κ1) is 18.3. The number of aromatic nitrogens is 3. The van der Waals surface area contributed by atoms with Gasteiger partial charge in [0.2, 0.25) is 5.95 Å². The maximum absolute atomic E-state index is 13.1. The molecule has 1 N–H and O–H groups in total. The summed E-state index contributed by atoms with van der Waals surface area (Å²) in [5, 5.41) is 7.67. The fourth-order valence-electron chi connectivity index (χ4n) is 2.57. The summed E-state index contributed by atoms with van der Waals surface area (Å²) in [6, 6.07) is 18.6. The number of hydrogen-bond acceptors (Lipinski definition) is 6. The average molecular weight is 415 g/mol. The molecule has 142 valence electrons. The average Bonchev–Trinajstić information content (AvgIpc) is 3.37. The molecule has 0 saturated carbocycles. The monoisotopic (exact) mass is 414 g/mol. The van der Waals surface area contributed by atoms with Crippen LogP contribution in [0, 0.1) is 0 Å². The van der Waals surface area contributed by atoms with E-state index in [2.05, 4.69) is 15.4 Å². The van der Waals surface area contributed by atoms with E-state index in [9.17, 15) is 8.42 Å². The molecule has 2 aromatic heterocycles. The predicted molar refractivity (Wildman–Crippen MR) is 106 cm³/mol. The van der Waals surface area contributed by atoms with Gasteiger partial charge in [-0.15, -0.1) is 9.19 Å². The van der Waals surface area contributed by atoms with E-state index < -0.39 is 10.0 Å². The van der Waals surface area contributed by atoms with E-state index in [0.29, 0.717) is 22.2 Å². The third-order valence-electron chi connectivity index (χ3n) is 3.95. The predicted octanol–water partition coefficient (Wildman–Crippen LogP) is 4.04. The summed E-state index contributed by atoms with van der Waals surface area (Å²) in [5.74, 6) is 1.02. The molecule has 7 nitrogen and oxygen atoms in total. The Kier molecular flexibility index (Phi) is 4.89. The number of hydrogen-bond donors (Lipinski definition) is 1. The van der Waals surface area contributed by atoms with Crippen LogP contribution in [0.25, 0.3) is 11.4 Å². The molecule has 28 heavy (non-hydrogen) atoms. The van der Waals surface area contributed by atoms with Gasteiger partial charge in [-0.1, -0.05) is 41.9 Å². The highest BCUT2D eigenvalue weighted by molar-refractivity contribution is 7.90. The van der Waals surface area contributed by atoms with Gasteiger partial charge in [-0.3, -0.25) is 0 Å². The van der Waals surface area contributed by atoms with Crippen molar-refractivity contribution in [3.05, 3.63) is 83.8 Å². The van der Waals surface area contributed by atoms with E-state index in [0.717, 1.165) is 4.09 Å². The van der Waals surface area contributed by atoms with Gasteiger partial charge in [0.05, 0.1) is 17.7 Å². The van der Waals surface area contributed by atoms with Crippen LogP contribution in [0.5, 0.6) is 0 Å². The molecule has 0 bridgehead atoms. The number of anilines is 1. The molecule has 0 fully saturated rings. The molecule has 0 unspecified atom stereocenters. The van der Waals surface area contributed by atoms with Crippen molar-refractivity contribution >= 4 is 27.6 Å². The zero-order chi connectivity index (χ0) is 19.6. The van der Waals surface area contributed by atoms with Crippen LogP contribution in [0.15, 0.2) is 82.3 Å². The summed E-state index contributed by atoms with van der Waals surface area (Å²) < 4.78 is 32.4. The van der Waals surface area contributed by atoms with Crippen molar-refractivity contribution < 1.29 is 12.8 Å². The second kappa shape index (κ2) is 7.49. The first-order valence-corrected chi connectivity index (χ1v) is 10.2. The molecule has 0 saturated heterocycles. The number of furan rings is 1. The summed E-state index contributed by atoms with van der Waals surface area (Å²) >= 11 is 5.88. The van der Waals surface area contributed by atoms with E-state index in [1.165, 1.54) is 24.3 Å². The maximum atomic E-state index is 13.1. The van der Waals surface area contributed by atoms with Crippen molar-refractivity contribution in [2.75, 3.05) is 5.32 Å². The van der Waals surface area contributed by atoms with Gasteiger partial charge >= 0.3 is 0 Å². The lowest BCUT2D eigenvalue weighted by molar-refractivity contribution is 0.517. The Morgan fingerprint density at radius 1 is 1.00 bits per heavy atom. The second-order valence-corrected chi connectivity index (χ2v) is 8.06. The zero-order valence-electron chi connectivity index (χ0n) is 14.5. The number of nitrogens with zero attached hydrogens (tertiary/aromatic N) is 3. The van der Waals surface area contributed by atoms with Gasteiger partial charge < -0.3 is 9.73 Å². The van der Waals surface area contributed by atoms with E-state index in [4.69, 9.17) is 16.0 Å². The van der Waals surface area contributed by atoms with Crippen molar-refractivity contribution in [2.45, 2.75) is 11.4 Å². The molecule has 0 amide bonds. The van der Waals surface area contributed by atoms with Crippen LogP contribution in [0.2, 0.25) is 5.02 Å². The fraction of sp³-hybridized carbons (Fsp3) is 0.0526. The maximum Gasteiger partial charge on any atom is 0.286 e. The van der Waals surface area contributed by atoms with Gasteiger partial charge in [-0.05, 0) is 36.4 Å². The van der Waals surface area contributed by atoms with Crippen LogP contribution < -0.4 is 5.32 Å². The van der Waals surface area contributed by atoms with Gasteiger partial charge in [0.25, 0.3) is 10.0 Å². The quantitative estimate of drug-likeness (QED) is 0.512. The van der Waals surface area contributed by atoms with E-state index in [-0.39, 0.29) is 17.4 Å². The van der Waals surface area contributed by atoms with Crippen molar-refractivity contribution in [1.29, 1.82) is 0 Å². The van der Waals surface area contributed by atoms with Gasteiger partial charge in [0.15, 0.2) is 5.82 Å². The van der Waals surface area contributed by atoms with Crippen molar-refractivity contribution in [1.82, 2.24) is 14.2 Å². The van der Waals surface area contributed by atoms with Crippen LogP contribution in [0.1, 0.15) is 5.76 Å². The molecule has 0 aliphatic carbocycles. The smallest absolute Gasteiger partial charge is 0.286 e.